The number of ether oxygens (including phenoxy) is 4. The fourth-order valence-electron chi connectivity index (χ4n) is 5.11. The Morgan fingerprint density at radius 1 is 0.771 bits per heavy atom. The molecule has 0 aromatic heterocycles. The zero-order chi connectivity index (χ0) is 34.3. The van der Waals surface area contributed by atoms with Crippen molar-refractivity contribution in [3.05, 3.63) is 109 Å². The molecule has 10 heteroatoms. The van der Waals surface area contributed by atoms with E-state index in [4.69, 9.17) is 24.1 Å². The lowest BCUT2D eigenvalue weighted by molar-refractivity contribution is -0.0564. The molecular formula is C38H38O9S. The maximum atomic E-state index is 12.0. The molecule has 0 spiro atoms. The Labute approximate surface area is 280 Å². The summed E-state index contributed by atoms with van der Waals surface area (Å²) in [6.45, 7) is 5.22. The standard InChI is InChI=1S/C38H38O9S/c1-4-38(2,21-22-44-30-11-5-27(6-12-30)37(40)41)46-24-23-45-31-13-15-32(16-14-31)47-36-34(19-9-28-25-29(39)10-20-35(28)36)26-7-17-33(18-8-26)48(3,42)43/h5-20,25,39H,4,21-24H2,1-3H3,(H,40,41). The van der Waals surface area contributed by atoms with Crippen LogP contribution in [0.4, 0.5) is 0 Å². The number of aromatic hydroxyl groups is 1. The third-order valence-corrected chi connectivity index (χ3v) is 9.27. The van der Waals surface area contributed by atoms with Crippen LogP contribution in [0.25, 0.3) is 21.9 Å². The third-order valence-electron chi connectivity index (χ3n) is 8.14. The number of carboxylic acid groups (broad SMARTS) is 1. The van der Waals surface area contributed by atoms with Crippen molar-refractivity contribution in [2.24, 2.45) is 0 Å². The maximum absolute atomic E-state index is 12.0. The van der Waals surface area contributed by atoms with Crippen molar-refractivity contribution in [1.82, 2.24) is 0 Å². The Morgan fingerprint density at radius 2 is 1.40 bits per heavy atom. The van der Waals surface area contributed by atoms with Gasteiger partial charge in [0.1, 0.15) is 35.4 Å². The monoisotopic (exact) mass is 670 g/mol. The second-order valence-electron chi connectivity index (χ2n) is 11.6. The molecular weight excluding hydrogens is 632 g/mol. The van der Waals surface area contributed by atoms with Crippen LogP contribution in [0, 0.1) is 0 Å². The van der Waals surface area contributed by atoms with Gasteiger partial charge >= 0.3 is 5.97 Å². The van der Waals surface area contributed by atoms with E-state index >= 15 is 0 Å². The Hall–Kier alpha value is -5.06. The Morgan fingerprint density at radius 3 is 2.02 bits per heavy atom. The second kappa shape index (κ2) is 14.8. The summed E-state index contributed by atoms with van der Waals surface area (Å²) in [5.41, 5.74) is 1.35. The Kier molecular flexibility index (Phi) is 10.6. The SMILES string of the molecule is CCC(C)(CCOc1ccc(C(=O)O)cc1)OCCOc1ccc(Oc2c(-c3ccc(S(C)(=O)=O)cc3)ccc3cc(O)ccc23)cc1. The molecule has 0 saturated heterocycles. The topological polar surface area (TPSA) is 129 Å². The lowest BCUT2D eigenvalue weighted by atomic mass is 9.99. The van der Waals surface area contributed by atoms with E-state index in [0.717, 1.165) is 28.3 Å². The molecule has 0 aliphatic carbocycles. The summed E-state index contributed by atoms with van der Waals surface area (Å²) in [7, 11) is -3.34. The maximum Gasteiger partial charge on any atom is 0.335 e. The summed E-state index contributed by atoms with van der Waals surface area (Å²) in [5.74, 6) is 1.56. The van der Waals surface area contributed by atoms with E-state index in [1.54, 1.807) is 54.6 Å². The highest BCUT2D eigenvalue weighted by Gasteiger charge is 2.23. The number of carbonyl (C=O) groups is 1. The first-order valence-corrected chi connectivity index (χ1v) is 17.4. The zero-order valence-electron chi connectivity index (χ0n) is 27.0. The number of rotatable bonds is 15. The van der Waals surface area contributed by atoms with Crippen molar-refractivity contribution >= 4 is 26.6 Å². The third kappa shape index (κ3) is 8.64. The van der Waals surface area contributed by atoms with Gasteiger partial charge in [0.15, 0.2) is 9.84 Å². The number of phenols is 1. The van der Waals surface area contributed by atoms with Gasteiger partial charge in [0.05, 0.1) is 29.3 Å². The smallest absolute Gasteiger partial charge is 0.335 e. The molecule has 5 aromatic carbocycles. The lowest BCUT2D eigenvalue weighted by Gasteiger charge is -2.28. The predicted octanol–water partition coefficient (Wildman–Crippen LogP) is 8.14. The highest BCUT2D eigenvalue weighted by Crippen LogP contribution is 2.41. The normalized spacial score (nSPS) is 12.7. The Balaban J connectivity index is 1.19. The van der Waals surface area contributed by atoms with Gasteiger partial charge in [0, 0.05) is 23.6 Å². The molecule has 0 heterocycles. The van der Waals surface area contributed by atoms with Crippen molar-refractivity contribution in [3.8, 4) is 39.9 Å². The van der Waals surface area contributed by atoms with E-state index in [1.165, 1.54) is 18.4 Å². The number of hydrogen-bond acceptors (Lipinski definition) is 8. The number of fused-ring (bicyclic) bond motifs is 1. The van der Waals surface area contributed by atoms with Crippen LogP contribution in [-0.4, -0.2) is 56.3 Å². The summed E-state index contributed by atoms with van der Waals surface area (Å²) in [6.07, 6.45) is 2.60. The number of carboxylic acids is 1. The minimum absolute atomic E-state index is 0.140. The fourth-order valence-corrected chi connectivity index (χ4v) is 5.74. The van der Waals surface area contributed by atoms with Crippen molar-refractivity contribution in [1.29, 1.82) is 0 Å². The van der Waals surface area contributed by atoms with Gasteiger partial charge in [-0.1, -0.05) is 25.1 Å². The minimum Gasteiger partial charge on any atom is -0.508 e. The predicted molar refractivity (Wildman–Crippen MR) is 184 cm³/mol. The largest absolute Gasteiger partial charge is 0.508 e. The zero-order valence-corrected chi connectivity index (χ0v) is 27.8. The van der Waals surface area contributed by atoms with Crippen molar-refractivity contribution in [2.75, 3.05) is 26.1 Å². The van der Waals surface area contributed by atoms with Crippen LogP contribution in [0.3, 0.4) is 0 Å². The highest BCUT2D eigenvalue weighted by atomic mass is 32.2. The molecule has 0 radical (unpaired) electrons. The second-order valence-corrected chi connectivity index (χ2v) is 13.7. The summed E-state index contributed by atoms with van der Waals surface area (Å²) in [4.78, 5) is 11.3. The number of benzene rings is 5. The van der Waals surface area contributed by atoms with E-state index in [0.29, 0.717) is 49.2 Å². The minimum atomic E-state index is -3.34. The van der Waals surface area contributed by atoms with E-state index in [-0.39, 0.29) is 16.2 Å². The first-order valence-electron chi connectivity index (χ1n) is 15.5. The molecule has 5 rings (SSSR count). The molecule has 5 aromatic rings. The molecule has 0 bridgehead atoms. The first-order chi connectivity index (χ1) is 22.9. The van der Waals surface area contributed by atoms with Crippen molar-refractivity contribution in [3.63, 3.8) is 0 Å². The van der Waals surface area contributed by atoms with Gasteiger partial charge < -0.3 is 29.2 Å². The molecule has 0 amide bonds. The van der Waals surface area contributed by atoms with Gasteiger partial charge in [0.25, 0.3) is 0 Å². The molecule has 2 N–H and O–H groups in total. The number of sulfone groups is 1. The molecule has 0 fully saturated rings. The summed E-state index contributed by atoms with van der Waals surface area (Å²) in [5, 5.41) is 20.7. The molecule has 0 saturated carbocycles. The van der Waals surface area contributed by atoms with Gasteiger partial charge in [-0.2, -0.15) is 0 Å². The van der Waals surface area contributed by atoms with Gasteiger partial charge in [-0.3, -0.25) is 0 Å². The van der Waals surface area contributed by atoms with Crippen LogP contribution >= 0.6 is 0 Å². The summed E-state index contributed by atoms with van der Waals surface area (Å²) >= 11 is 0. The first kappa shape index (κ1) is 34.3. The van der Waals surface area contributed by atoms with Crippen molar-refractivity contribution in [2.45, 2.75) is 37.2 Å². The van der Waals surface area contributed by atoms with Crippen LogP contribution in [0.2, 0.25) is 0 Å². The fraction of sp³-hybridized carbons (Fsp3) is 0.237. The average molecular weight is 671 g/mol. The average Bonchev–Trinajstić information content (AvgIpc) is 3.07. The molecule has 250 valence electrons. The summed E-state index contributed by atoms with van der Waals surface area (Å²) in [6, 6.07) is 29.0. The molecule has 1 atom stereocenters. The van der Waals surface area contributed by atoms with Crippen LogP contribution in [-0.2, 0) is 14.6 Å². The van der Waals surface area contributed by atoms with E-state index in [2.05, 4.69) is 6.92 Å². The Bertz CT molecular complexity index is 1970. The van der Waals surface area contributed by atoms with Crippen LogP contribution < -0.4 is 14.2 Å². The highest BCUT2D eigenvalue weighted by molar-refractivity contribution is 7.90. The lowest BCUT2D eigenvalue weighted by Crippen LogP contribution is -2.32. The van der Waals surface area contributed by atoms with E-state index in [1.807, 2.05) is 43.3 Å². The van der Waals surface area contributed by atoms with E-state index < -0.39 is 21.4 Å². The quantitative estimate of drug-likeness (QED) is 0.106. The molecule has 48 heavy (non-hydrogen) atoms. The van der Waals surface area contributed by atoms with Crippen LogP contribution in [0.15, 0.2) is 108 Å². The van der Waals surface area contributed by atoms with Crippen LogP contribution in [0.5, 0.6) is 28.7 Å². The number of aromatic carboxylic acids is 1. The molecule has 0 aliphatic rings. The van der Waals surface area contributed by atoms with Gasteiger partial charge in [-0.15, -0.1) is 0 Å². The van der Waals surface area contributed by atoms with Gasteiger partial charge in [0.2, 0.25) is 0 Å². The summed E-state index contributed by atoms with van der Waals surface area (Å²) < 4.78 is 48.3. The van der Waals surface area contributed by atoms with E-state index in [9.17, 15) is 18.3 Å². The molecule has 9 nitrogen and oxygen atoms in total. The number of phenolic OH excluding ortho intramolecular Hbond substituents is 1. The molecule has 1 unspecified atom stereocenters. The molecule has 0 aliphatic heterocycles. The van der Waals surface area contributed by atoms with Crippen LogP contribution in [0.1, 0.15) is 37.0 Å². The van der Waals surface area contributed by atoms with Gasteiger partial charge in [-0.05, 0) is 109 Å². The van der Waals surface area contributed by atoms with Gasteiger partial charge in [-0.25, -0.2) is 13.2 Å². The number of hydrogen-bond donors (Lipinski definition) is 2. The van der Waals surface area contributed by atoms with Crippen molar-refractivity contribution < 1.29 is 42.4 Å².